The number of aryl methyl sites for hydroxylation is 1. The van der Waals surface area contributed by atoms with Crippen LogP contribution in [0.5, 0.6) is 5.75 Å². The average Bonchev–Trinajstić information content (AvgIpc) is 2.48. The van der Waals surface area contributed by atoms with E-state index >= 15 is 0 Å². The van der Waals surface area contributed by atoms with E-state index in [1.54, 1.807) is 6.07 Å². The lowest BCUT2D eigenvalue weighted by Crippen LogP contribution is -2.15. The number of benzene rings is 2. The molecule has 0 aromatic heterocycles. The van der Waals surface area contributed by atoms with Crippen molar-refractivity contribution < 1.29 is 13.9 Å². The highest BCUT2D eigenvalue weighted by molar-refractivity contribution is 6.05. The molecule has 0 aliphatic rings. The van der Waals surface area contributed by atoms with Gasteiger partial charge in [0.05, 0.1) is 7.11 Å². The fourth-order valence-corrected chi connectivity index (χ4v) is 2.34. The number of methoxy groups -OCH3 is 1. The number of hydrogen-bond acceptors (Lipinski definition) is 2. The Kier molecular flexibility index (Phi) is 4.81. The Morgan fingerprint density at radius 1 is 1.23 bits per heavy atom. The molecule has 1 N–H and O–H groups in total. The van der Waals surface area contributed by atoms with E-state index in [0.29, 0.717) is 0 Å². The molecule has 0 radical (unpaired) electrons. The third-order valence-corrected chi connectivity index (χ3v) is 3.58. The van der Waals surface area contributed by atoms with Crippen molar-refractivity contribution in [2.75, 3.05) is 12.4 Å². The van der Waals surface area contributed by atoms with Crippen molar-refractivity contribution in [2.45, 2.75) is 26.7 Å². The minimum atomic E-state index is -0.552. The maximum atomic E-state index is 13.7. The van der Waals surface area contributed by atoms with Gasteiger partial charge in [0.25, 0.3) is 5.91 Å². The maximum absolute atomic E-state index is 13.7. The fraction of sp³-hybridized carbons (Fsp3) is 0.278. The Morgan fingerprint density at radius 2 is 1.95 bits per heavy atom. The van der Waals surface area contributed by atoms with Crippen molar-refractivity contribution >= 4 is 11.6 Å². The molecule has 0 aliphatic carbocycles. The second-order valence-electron chi connectivity index (χ2n) is 5.50. The minimum absolute atomic E-state index is 0.121. The Bertz CT molecular complexity index is 695. The summed E-state index contributed by atoms with van der Waals surface area (Å²) in [7, 11) is 1.39. The number of nitrogens with one attached hydrogen (secondary N) is 1. The van der Waals surface area contributed by atoms with Crippen molar-refractivity contribution in [3.63, 3.8) is 0 Å². The summed E-state index contributed by atoms with van der Waals surface area (Å²) in [6.45, 7) is 6.07. The van der Waals surface area contributed by atoms with E-state index in [0.717, 1.165) is 16.8 Å². The van der Waals surface area contributed by atoms with Crippen molar-refractivity contribution in [3.05, 3.63) is 58.9 Å². The molecule has 0 aliphatic heterocycles. The highest BCUT2D eigenvalue weighted by Gasteiger charge is 2.14. The minimum Gasteiger partial charge on any atom is -0.494 e. The summed E-state index contributed by atoms with van der Waals surface area (Å²) >= 11 is 0. The van der Waals surface area contributed by atoms with Gasteiger partial charge in [-0.1, -0.05) is 32.0 Å². The van der Waals surface area contributed by atoms with Crippen LogP contribution in [0.4, 0.5) is 10.1 Å². The Balaban J connectivity index is 2.31. The van der Waals surface area contributed by atoms with E-state index in [-0.39, 0.29) is 23.1 Å². The molecular weight excluding hydrogens is 281 g/mol. The van der Waals surface area contributed by atoms with E-state index < -0.39 is 5.82 Å². The molecule has 116 valence electrons. The van der Waals surface area contributed by atoms with E-state index in [1.807, 2.05) is 25.1 Å². The molecule has 22 heavy (non-hydrogen) atoms. The van der Waals surface area contributed by atoms with E-state index in [4.69, 9.17) is 4.74 Å². The molecule has 1 amide bonds. The zero-order valence-electron chi connectivity index (χ0n) is 13.2. The summed E-state index contributed by atoms with van der Waals surface area (Å²) in [5, 5.41) is 2.89. The smallest absolute Gasteiger partial charge is 0.255 e. The molecule has 2 rings (SSSR count). The first-order valence-corrected chi connectivity index (χ1v) is 7.18. The average molecular weight is 301 g/mol. The highest BCUT2D eigenvalue weighted by Crippen LogP contribution is 2.28. The van der Waals surface area contributed by atoms with Crippen LogP contribution in [-0.2, 0) is 0 Å². The summed E-state index contributed by atoms with van der Waals surface area (Å²) in [5.41, 5.74) is 3.09. The number of halogens is 1. The van der Waals surface area contributed by atoms with Gasteiger partial charge in [-0.05, 0) is 42.2 Å². The second-order valence-corrected chi connectivity index (χ2v) is 5.50. The lowest BCUT2D eigenvalue weighted by Gasteiger charge is -2.16. The van der Waals surface area contributed by atoms with Gasteiger partial charge in [-0.2, -0.15) is 0 Å². The van der Waals surface area contributed by atoms with Gasteiger partial charge >= 0.3 is 0 Å². The fourth-order valence-electron chi connectivity index (χ4n) is 2.34. The monoisotopic (exact) mass is 301 g/mol. The number of amides is 1. The molecule has 2 aromatic carbocycles. The molecule has 0 bridgehead atoms. The highest BCUT2D eigenvalue weighted by atomic mass is 19.1. The van der Waals surface area contributed by atoms with Gasteiger partial charge in [-0.3, -0.25) is 4.79 Å². The van der Waals surface area contributed by atoms with Crippen molar-refractivity contribution in [2.24, 2.45) is 0 Å². The van der Waals surface area contributed by atoms with Crippen LogP contribution >= 0.6 is 0 Å². The number of rotatable bonds is 4. The number of carbonyl (C=O) groups is 1. The Hall–Kier alpha value is -2.36. The van der Waals surface area contributed by atoms with Crippen LogP contribution in [0.25, 0.3) is 0 Å². The lowest BCUT2D eigenvalue weighted by atomic mass is 9.98. The molecule has 0 fully saturated rings. The first-order chi connectivity index (χ1) is 10.4. The van der Waals surface area contributed by atoms with E-state index in [1.165, 1.54) is 19.2 Å². The van der Waals surface area contributed by atoms with E-state index in [2.05, 4.69) is 19.2 Å². The largest absolute Gasteiger partial charge is 0.494 e. The van der Waals surface area contributed by atoms with Gasteiger partial charge in [-0.25, -0.2) is 4.39 Å². The lowest BCUT2D eigenvalue weighted by molar-refractivity contribution is 0.102. The predicted octanol–water partition coefficient (Wildman–Crippen LogP) is 4.52. The zero-order valence-corrected chi connectivity index (χ0v) is 13.2. The van der Waals surface area contributed by atoms with Crippen LogP contribution in [0.15, 0.2) is 36.4 Å². The number of anilines is 1. The van der Waals surface area contributed by atoms with Crippen molar-refractivity contribution in [3.8, 4) is 5.75 Å². The van der Waals surface area contributed by atoms with Gasteiger partial charge in [0.2, 0.25) is 0 Å². The number of carbonyl (C=O) groups excluding carboxylic acids is 1. The number of ether oxygens (including phenoxy) is 1. The molecule has 0 atom stereocenters. The molecule has 0 saturated carbocycles. The normalized spacial score (nSPS) is 10.6. The van der Waals surface area contributed by atoms with Crippen LogP contribution in [0.3, 0.4) is 0 Å². The van der Waals surface area contributed by atoms with Crippen LogP contribution in [0, 0.1) is 12.7 Å². The van der Waals surface area contributed by atoms with Crippen LogP contribution in [0.1, 0.15) is 41.3 Å². The van der Waals surface area contributed by atoms with Gasteiger partial charge in [0, 0.05) is 11.3 Å². The van der Waals surface area contributed by atoms with E-state index in [9.17, 15) is 9.18 Å². The Morgan fingerprint density at radius 3 is 2.55 bits per heavy atom. The summed E-state index contributed by atoms with van der Waals surface area (Å²) in [6.07, 6.45) is 0. The zero-order chi connectivity index (χ0) is 16.3. The topological polar surface area (TPSA) is 38.3 Å². The molecule has 0 heterocycles. The second kappa shape index (κ2) is 6.60. The van der Waals surface area contributed by atoms with Gasteiger partial charge < -0.3 is 10.1 Å². The standard InChI is InChI=1S/C18H20FNO2/c1-11(2)14-7-5-6-12(3)17(14)20-18(21)13-8-9-16(22-4)15(19)10-13/h5-11H,1-4H3,(H,20,21). The first-order valence-electron chi connectivity index (χ1n) is 7.18. The summed E-state index contributed by atoms with van der Waals surface area (Å²) in [5.74, 6) is -0.486. The third-order valence-electron chi connectivity index (χ3n) is 3.58. The Labute approximate surface area is 130 Å². The summed E-state index contributed by atoms with van der Waals surface area (Å²) < 4.78 is 18.6. The third kappa shape index (κ3) is 3.27. The molecule has 4 heteroatoms. The molecule has 0 spiro atoms. The van der Waals surface area contributed by atoms with Crippen LogP contribution in [0.2, 0.25) is 0 Å². The van der Waals surface area contributed by atoms with Crippen LogP contribution < -0.4 is 10.1 Å². The molecule has 3 nitrogen and oxygen atoms in total. The summed E-state index contributed by atoms with van der Waals surface area (Å²) in [4.78, 5) is 12.4. The van der Waals surface area contributed by atoms with Gasteiger partial charge in [-0.15, -0.1) is 0 Å². The predicted molar refractivity (Wildman–Crippen MR) is 86.2 cm³/mol. The molecular formula is C18H20FNO2. The summed E-state index contributed by atoms with van der Waals surface area (Å²) in [6, 6.07) is 10.1. The number of para-hydroxylation sites is 1. The van der Waals surface area contributed by atoms with Crippen LogP contribution in [-0.4, -0.2) is 13.0 Å². The maximum Gasteiger partial charge on any atom is 0.255 e. The SMILES string of the molecule is COc1ccc(C(=O)Nc2c(C)cccc2C(C)C)cc1F. The quantitative estimate of drug-likeness (QED) is 0.901. The van der Waals surface area contributed by atoms with Gasteiger partial charge in [0.1, 0.15) is 0 Å². The molecule has 0 unspecified atom stereocenters. The molecule has 0 saturated heterocycles. The molecule has 2 aromatic rings. The van der Waals surface area contributed by atoms with Gasteiger partial charge in [0.15, 0.2) is 11.6 Å². The number of hydrogen-bond donors (Lipinski definition) is 1. The van der Waals surface area contributed by atoms with Crippen molar-refractivity contribution in [1.29, 1.82) is 0 Å². The van der Waals surface area contributed by atoms with Crippen molar-refractivity contribution in [1.82, 2.24) is 0 Å². The first kappa shape index (κ1) is 16.0.